The number of Topliss-reactive ketones (excluding diaryl/α,β-unsaturated/α-hetero) is 1. The van der Waals surface area contributed by atoms with Crippen molar-refractivity contribution >= 4 is 5.78 Å². The molecule has 0 unspecified atom stereocenters. The van der Waals surface area contributed by atoms with Crippen molar-refractivity contribution < 1.29 is 18.3 Å². The predicted octanol–water partition coefficient (Wildman–Crippen LogP) is 3.36. The third kappa shape index (κ3) is 2.56. The SMILES string of the molecule is CCc1ccc(OC(F)F)c(C)c1C(C)=O. The molecule has 0 atom stereocenters. The van der Waals surface area contributed by atoms with Gasteiger partial charge in [-0.25, -0.2) is 0 Å². The lowest BCUT2D eigenvalue weighted by Gasteiger charge is -2.13. The molecule has 0 N–H and O–H groups in total. The summed E-state index contributed by atoms with van der Waals surface area (Å²) in [5.74, 6) is -0.0635. The van der Waals surface area contributed by atoms with Crippen molar-refractivity contribution in [2.75, 3.05) is 0 Å². The minimum absolute atomic E-state index is 0.0670. The Morgan fingerprint density at radius 2 is 2.06 bits per heavy atom. The molecule has 16 heavy (non-hydrogen) atoms. The third-order valence-electron chi connectivity index (χ3n) is 2.45. The van der Waals surface area contributed by atoms with E-state index in [1.165, 1.54) is 13.0 Å². The summed E-state index contributed by atoms with van der Waals surface area (Å²) in [4.78, 5) is 11.4. The van der Waals surface area contributed by atoms with Gasteiger partial charge in [0.15, 0.2) is 5.78 Å². The molecular formula is C12H14F2O2. The van der Waals surface area contributed by atoms with E-state index in [9.17, 15) is 13.6 Å². The minimum Gasteiger partial charge on any atom is -0.435 e. The molecule has 0 aliphatic rings. The Kier molecular flexibility index (Phi) is 3.99. The van der Waals surface area contributed by atoms with Crippen molar-refractivity contribution in [1.82, 2.24) is 0 Å². The predicted molar refractivity (Wildman–Crippen MR) is 57.2 cm³/mol. The van der Waals surface area contributed by atoms with Gasteiger partial charge in [0, 0.05) is 11.1 Å². The molecule has 0 saturated heterocycles. The van der Waals surface area contributed by atoms with Crippen LogP contribution in [0.4, 0.5) is 8.78 Å². The number of ether oxygens (including phenoxy) is 1. The van der Waals surface area contributed by atoms with Gasteiger partial charge in [0.05, 0.1) is 0 Å². The first-order valence-corrected chi connectivity index (χ1v) is 5.05. The zero-order chi connectivity index (χ0) is 12.3. The molecule has 1 aromatic carbocycles. The van der Waals surface area contributed by atoms with Gasteiger partial charge in [-0.1, -0.05) is 13.0 Å². The Morgan fingerprint density at radius 3 is 2.50 bits per heavy atom. The van der Waals surface area contributed by atoms with Crippen LogP contribution in [0.2, 0.25) is 0 Å². The van der Waals surface area contributed by atoms with Gasteiger partial charge in [-0.2, -0.15) is 8.78 Å². The number of hydrogen-bond donors (Lipinski definition) is 0. The lowest BCUT2D eigenvalue weighted by Crippen LogP contribution is -2.08. The van der Waals surface area contributed by atoms with Crippen LogP contribution in [0.3, 0.4) is 0 Å². The highest BCUT2D eigenvalue weighted by Crippen LogP contribution is 2.27. The summed E-state index contributed by atoms with van der Waals surface area (Å²) in [6.45, 7) is 2.09. The van der Waals surface area contributed by atoms with Crippen LogP contribution < -0.4 is 4.74 Å². The lowest BCUT2D eigenvalue weighted by atomic mass is 9.96. The third-order valence-corrected chi connectivity index (χ3v) is 2.45. The Labute approximate surface area is 93.2 Å². The number of ketones is 1. The van der Waals surface area contributed by atoms with E-state index in [1.54, 1.807) is 13.0 Å². The molecule has 0 aromatic heterocycles. The van der Waals surface area contributed by atoms with Crippen molar-refractivity contribution in [3.63, 3.8) is 0 Å². The van der Waals surface area contributed by atoms with Gasteiger partial charge >= 0.3 is 6.61 Å². The first kappa shape index (κ1) is 12.6. The Morgan fingerprint density at radius 1 is 1.44 bits per heavy atom. The van der Waals surface area contributed by atoms with E-state index < -0.39 is 6.61 Å². The summed E-state index contributed by atoms with van der Waals surface area (Å²) in [6.07, 6.45) is 0.685. The molecule has 1 aromatic rings. The fourth-order valence-electron chi connectivity index (χ4n) is 1.76. The monoisotopic (exact) mass is 228 g/mol. The van der Waals surface area contributed by atoms with Gasteiger partial charge in [0.1, 0.15) is 5.75 Å². The second-order valence-corrected chi connectivity index (χ2v) is 3.51. The summed E-state index contributed by atoms with van der Waals surface area (Å²) in [5.41, 5.74) is 1.82. The van der Waals surface area contributed by atoms with E-state index in [1.807, 2.05) is 6.92 Å². The highest BCUT2D eigenvalue weighted by molar-refractivity contribution is 5.97. The molecule has 0 aliphatic heterocycles. The molecule has 0 aliphatic carbocycles. The minimum atomic E-state index is -2.87. The van der Waals surface area contributed by atoms with Crippen LogP contribution in [0.15, 0.2) is 12.1 Å². The average Bonchev–Trinajstić information content (AvgIpc) is 2.19. The largest absolute Gasteiger partial charge is 0.435 e. The summed E-state index contributed by atoms with van der Waals surface area (Å²) < 4.78 is 28.6. The van der Waals surface area contributed by atoms with Crippen LogP contribution in [0.1, 0.15) is 35.3 Å². The van der Waals surface area contributed by atoms with E-state index >= 15 is 0 Å². The van der Waals surface area contributed by atoms with Crippen LogP contribution in [-0.4, -0.2) is 12.4 Å². The fraction of sp³-hybridized carbons (Fsp3) is 0.417. The van der Waals surface area contributed by atoms with Crippen LogP contribution in [0.5, 0.6) is 5.75 Å². The molecule has 0 heterocycles. The second-order valence-electron chi connectivity index (χ2n) is 3.51. The van der Waals surface area contributed by atoms with E-state index in [4.69, 9.17) is 0 Å². The van der Waals surface area contributed by atoms with Crippen LogP contribution in [0, 0.1) is 6.92 Å². The number of carbonyl (C=O) groups excluding carboxylic acids is 1. The fourth-order valence-corrected chi connectivity index (χ4v) is 1.76. The molecule has 0 fully saturated rings. The van der Waals surface area contributed by atoms with Crippen molar-refractivity contribution in [2.45, 2.75) is 33.8 Å². The second kappa shape index (κ2) is 5.05. The van der Waals surface area contributed by atoms with E-state index in [2.05, 4.69) is 4.74 Å². The van der Waals surface area contributed by atoms with Gasteiger partial charge in [-0.05, 0) is 31.9 Å². The van der Waals surface area contributed by atoms with E-state index in [-0.39, 0.29) is 11.5 Å². The van der Waals surface area contributed by atoms with Crippen molar-refractivity contribution in [3.8, 4) is 5.75 Å². The first-order valence-electron chi connectivity index (χ1n) is 5.05. The number of hydrogen-bond acceptors (Lipinski definition) is 2. The number of carbonyl (C=O) groups is 1. The smallest absolute Gasteiger partial charge is 0.387 e. The molecular weight excluding hydrogens is 214 g/mol. The zero-order valence-corrected chi connectivity index (χ0v) is 9.51. The number of alkyl halides is 2. The molecule has 88 valence electrons. The summed E-state index contributed by atoms with van der Waals surface area (Å²) in [7, 11) is 0. The maximum atomic E-state index is 12.1. The molecule has 2 nitrogen and oxygen atoms in total. The van der Waals surface area contributed by atoms with Crippen molar-refractivity contribution in [2.24, 2.45) is 0 Å². The number of halogens is 2. The summed E-state index contributed by atoms with van der Waals surface area (Å²) in [5, 5.41) is 0. The number of aryl methyl sites for hydroxylation is 1. The normalized spacial score (nSPS) is 10.6. The van der Waals surface area contributed by atoms with E-state index in [0.29, 0.717) is 17.5 Å². The lowest BCUT2D eigenvalue weighted by molar-refractivity contribution is -0.0503. The van der Waals surface area contributed by atoms with E-state index in [0.717, 1.165) is 5.56 Å². The zero-order valence-electron chi connectivity index (χ0n) is 9.51. The first-order chi connectivity index (χ1) is 7.47. The van der Waals surface area contributed by atoms with Crippen molar-refractivity contribution in [1.29, 1.82) is 0 Å². The number of benzene rings is 1. The quantitative estimate of drug-likeness (QED) is 0.738. The molecule has 0 saturated carbocycles. The molecule has 4 heteroatoms. The van der Waals surface area contributed by atoms with Crippen LogP contribution in [0.25, 0.3) is 0 Å². The number of rotatable bonds is 4. The Bertz CT molecular complexity index is 400. The topological polar surface area (TPSA) is 26.3 Å². The van der Waals surface area contributed by atoms with Crippen molar-refractivity contribution in [3.05, 3.63) is 28.8 Å². The van der Waals surface area contributed by atoms with Gasteiger partial charge in [-0.3, -0.25) is 4.79 Å². The van der Waals surface area contributed by atoms with Gasteiger partial charge in [-0.15, -0.1) is 0 Å². The van der Waals surface area contributed by atoms with Gasteiger partial charge in [0.2, 0.25) is 0 Å². The highest BCUT2D eigenvalue weighted by atomic mass is 19.3. The molecule has 0 amide bonds. The summed E-state index contributed by atoms with van der Waals surface area (Å²) >= 11 is 0. The molecule has 0 spiro atoms. The maximum Gasteiger partial charge on any atom is 0.387 e. The molecule has 1 rings (SSSR count). The van der Waals surface area contributed by atoms with Gasteiger partial charge in [0.25, 0.3) is 0 Å². The van der Waals surface area contributed by atoms with Gasteiger partial charge < -0.3 is 4.74 Å². The van der Waals surface area contributed by atoms with Crippen LogP contribution >= 0.6 is 0 Å². The highest BCUT2D eigenvalue weighted by Gasteiger charge is 2.15. The van der Waals surface area contributed by atoms with Crippen LogP contribution in [-0.2, 0) is 6.42 Å². The summed E-state index contributed by atoms with van der Waals surface area (Å²) in [6, 6.07) is 3.13. The molecule has 0 radical (unpaired) electrons. The Hall–Kier alpha value is -1.45. The maximum absolute atomic E-state index is 12.1. The standard InChI is InChI=1S/C12H14F2O2/c1-4-9-5-6-10(16-12(13)14)7(2)11(9)8(3)15/h5-6,12H,4H2,1-3H3. The molecule has 0 bridgehead atoms. The Balaban J connectivity index is 3.26. The average molecular weight is 228 g/mol.